The maximum absolute atomic E-state index is 12.5. The van der Waals surface area contributed by atoms with Gasteiger partial charge in [-0.2, -0.15) is 5.10 Å². The highest BCUT2D eigenvalue weighted by Crippen LogP contribution is 2.27. The van der Waals surface area contributed by atoms with Crippen molar-refractivity contribution in [1.29, 1.82) is 0 Å². The number of aryl methyl sites for hydroxylation is 1. The molecule has 0 bridgehead atoms. The quantitative estimate of drug-likeness (QED) is 0.192. The van der Waals surface area contributed by atoms with Crippen LogP contribution in [0, 0.1) is 6.92 Å². The monoisotopic (exact) mass is 502 g/mol. The SMILES string of the molecule is Cc1ccc(-n2c(SCC(=O)N/N=C/c3ccccc3OCC(=O)O)nnc2-c2ccncc2)cc1. The molecule has 4 rings (SSSR count). The predicted octanol–water partition coefficient (Wildman–Crippen LogP) is 3.34. The van der Waals surface area contributed by atoms with Gasteiger partial charge in [0.25, 0.3) is 5.91 Å². The number of amides is 1. The number of carboxylic acids is 1. The van der Waals surface area contributed by atoms with Crippen molar-refractivity contribution in [2.75, 3.05) is 12.4 Å². The topological polar surface area (TPSA) is 132 Å². The minimum absolute atomic E-state index is 0.0504. The van der Waals surface area contributed by atoms with Crippen molar-refractivity contribution in [3.05, 3.63) is 84.2 Å². The standard InChI is InChI=1S/C25H22N6O4S/c1-17-6-8-20(9-7-17)31-24(18-10-12-26-13-11-18)29-30-25(31)36-16-22(32)28-27-14-19-4-2-3-5-21(19)35-15-23(33)34/h2-14H,15-16H2,1H3,(H,28,32)(H,33,34)/b27-14+. The molecule has 0 aliphatic rings. The molecule has 182 valence electrons. The van der Waals surface area contributed by atoms with E-state index in [9.17, 15) is 9.59 Å². The number of aliphatic carboxylic acids is 1. The number of carboxylic acid groups (broad SMARTS) is 1. The van der Waals surface area contributed by atoms with Crippen molar-refractivity contribution >= 4 is 29.9 Å². The highest BCUT2D eigenvalue weighted by Gasteiger charge is 2.17. The lowest BCUT2D eigenvalue weighted by Gasteiger charge is -2.10. The Morgan fingerprint density at radius 3 is 2.58 bits per heavy atom. The van der Waals surface area contributed by atoms with Gasteiger partial charge in [-0.1, -0.05) is 41.6 Å². The summed E-state index contributed by atoms with van der Waals surface area (Å²) in [4.78, 5) is 27.3. The lowest BCUT2D eigenvalue weighted by atomic mass is 10.2. The number of nitrogens with one attached hydrogen (secondary N) is 1. The maximum atomic E-state index is 12.5. The lowest BCUT2D eigenvalue weighted by Crippen LogP contribution is -2.20. The van der Waals surface area contributed by atoms with Gasteiger partial charge >= 0.3 is 5.97 Å². The number of benzene rings is 2. The third-order valence-electron chi connectivity index (χ3n) is 4.86. The lowest BCUT2D eigenvalue weighted by molar-refractivity contribution is -0.139. The van der Waals surface area contributed by atoms with Crippen LogP contribution in [0.3, 0.4) is 0 Å². The van der Waals surface area contributed by atoms with Crippen LogP contribution in [0.25, 0.3) is 17.1 Å². The molecule has 0 fully saturated rings. The van der Waals surface area contributed by atoms with E-state index in [1.807, 2.05) is 47.9 Å². The van der Waals surface area contributed by atoms with Crippen LogP contribution < -0.4 is 10.2 Å². The first kappa shape index (κ1) is 24.6. The van der Waals surface area contributed by atoms with E-state index < -0.39 is 12.6 Å². The van der Waals surface area contributed by atoms with Gasteiger partial charge in [0.15, 0.2) is 17.6 Å². The second-order valence-corrected chi connectivity index (χ2v) is 8.46. The fraction of sp³-hybridized carbons (Fsp3) is 0.120. The van der Waals surface area contributed by atoms with Gasteiger partial charge in [0.2, 0.25) is 0 Å². The molecule has 0 atom stereocenters. The van der Waals surface area contributed by atoms with Gasteiger partial charge in [0, 0.05) is 29.2 Å². The molecule has 2 heterocycles. The van der Waals surface area contributed by atoms with Gasteiger partial charge in [-0.15, -0.1) is 10.2 Å². The van der Waals surface area contributed by atoms with Crippen LogP contribution in [0.15, 0.2) is 83.3 Å². The van der Waals surface area contributed by atoms with E-state index in [2.05, 4.69) is 25.7 Å². The molecule has 0 saturated carbocycles. The summed E-state index contributed by atoms with van der Waals surface area (Å²) in [6.07, 6.45) is 4.77. The number of hydrogen-bond donors (Lipinski definition) is 2. The molecule has 4 aromatic rings. The highest BCUT2D eigenvalue weighted by atomic mass is 32.2. The molecule has 2 aromatic carbocycles. The summed E-state index contributed by atoms with van der Waals surface area (Å²) in [5.41, 5.74) is 5.85. The molecule has 0 radical (unpaired) electrons. The van der Waals surface area contributed by atoms with Crippen molar-refractivity contribution in [2.24, 2.45) is 5.10 Å². The zero-order valence-electron chi connectivity index (χ0n) is 19.2. The summed E-state index contributed by atoms with van der Waals surface area (Å²) >= 11 is 1.23. The minimum Gasteiger partial charge on any atom is -0.481 e. The molecule has 0 aliphatic heterocycles. The Hall–Kier alpha value is -4.51. The molecule has 11 heteroatoms. The van der Waals surface area contributed by atoms with Gasteiger partial charge in [0.1, 0.15) is 5.75 Å². The van der Waals surface area contributed by atoms with E-state index in [1.165, 1.54) is 18.0 Å². The van der Waals surface area contributed by atoms with Gasteiger partial charge in [-0.25, -0.2) is 10.2 Å². The number of para-hydroxylation sites is 1. The first-order chi connectivity index (χ1) is 17.5. The van der Waals surface area contributed by atoms with Crippen LogP contribution in [-0.2, 0) is 9.59 Å². The van der Waals surface area contributed by atoms with Crippen LogP contribution in [0.4, 0.5) is 0 Å². The predicted molar refractivity (Wildman–Crippen MR) is 135 cm³/mol. The average molecular weight is 503 g/mol. The second kappa shape index (κ2) is 11.8. The summed E-state index contributed by atoms with van der Waals surface area (Å²) in [6.45, 7) is 1.54. The molecule has 0 saturated heterocycles. The number of hydrazone groups is 1. The summed E-state index contributed by atoms with van der Waals surface area (Å²) in [6, 6.07) is 18.4. The first-order valence-electron chi connectivity index (χ1n) is 10.8. The van der Waals surface area contributed by atoms with E-state index in [1.54, 1.807) is 36.7 Å². The molecule has 0 unspecified atom stereocenters. The van der Waals surface area contributed by atoms with E-state index in [4.69, 9.17) is 9.84 Å². The third kappa shape index (κ3) is 6.33. The first-order valence-corrected chi connectivity index (χ1v) is 11.8. The largest absolute Gasteiger partial charge is 0.481 e. The Labute approximate surface area is 211 Å². The van der Waals surface area contributed by atoms with Crippen molar-refractivity contribution in [2.45, 2.75) is 12.1 Å². The van der Waals surface area contributed by atoms with Crippen LogP contribution in [-0.4, -0.2) is 55.3 Å². The molecular weight excluding hydrogens is 480 g/mol. The fourth-order valence-corrected chi connectivity index (χ4v) is 3.92. The maximum Gasteiger partial charge on any atom is 0.341 e. The molecule has 36 heavy (non-hydrogen) atoms. The molecular formula is C25H22N6O4S. The number of ether oxygens (including phenoxy) is 1. The Balaban J connectivity index is 1.45. The van der Waals surface area contributed by atoms with Crippen LogP contribution in [0.1, 0.15) is 11.1 Å². The number of hydrogen-bond acceptors (Lipinski definition) is 8. The summed E-state index contributed by atoms with van der Waals surface area (Å²) < 4.78 is 7.13. The average Bonchev–Trinajstić information content (AvgIpc) is 3.32. The zero-order chi connectivity index (χ0) is 25.3. The molecule has 10 nitrogen and oxygen atoms in total. The molecule has 0 aliphatic carbocycles. The number of thioether (sulfide) groups is 1. The summed E-state index contributed by atoms with van der Waals surface area (Å²) in [5.74, 6) is -0.390. The van der Waals surface area contributed by atoms with E-state index in [-0.39, 0.29) is 11.7 Å². The molecule has 2 N–H and O–H groups in total. The molecule has 0 spiro atoms. The van der Waals surface area contributed by atoms with Crippen molar-refractivity contribution in [1.82, 2.24) is 25.2 Å². The van der Waals surface area contributed by atoms with Crippen molar-refractivity contribution in [3.63, 3.8) is 0 Å². The van der Waals surface area contributed by atoms with Crippen LogP contribution in [0.5, 0.6) is 5.75 Å². The summed E-state index contributed by atoms with van der Waals surface area (Å²) in [7, 11) is 0. The third-order valence-corrected chi connectivity index (χ3v) is 5.79. The number of carbonyl (C=O) groups is 2. The number of carbonyl (C=O) groups excluding carboxylic acids is 1. The van der Waals surface area contributed by atoms with Crippen molar-refractivity contribution < 1.29 is 19.4 Å². The van der Waals surface area contributed by atoms with Gasteiger partial charge < -0.3 is 9.84 Å². The van der Waals surface area contributed by atoms with Gasteiger partial charge in [-0.3, -0.25) is 14.3 Å². The van der Waals surface area contributed by atoms with E-state index in [0.29, 0.717) is 22.3 Å². The van der Waals surface area contributed by atoms with Gasteiger partial charge in [-0.05, 0) is 43.3 Å². The number of aromatic nitrogens is 4. The molecule has 2 aromatic heterocycles. The smallest absolute Gasteiger partial charge is 0.341 e. The Kier molecular flexibility index (Phi) is 8.04. The Morgan fingerprint density at radius 1 is 1.08 bits per heavy atom. The summed E-state index contributed by atoms with van der Waals surface area (Å²) in [5, 5.41) is 22.0. The number of rotatable bonds is 10. The van der Waals surface area contributed by atoms with E-state index in [0.717, 1.165) is 16.8 Å². The van der Waals surface area contributed by atoms with Crippen LogP contribution >= 0.6 is 11.8 Å². The second-order valence-electron chi connectivity index (χ2n) is 7.52. The Bertz CT molecular complexity index is 1370. The normalized spacial score (nSPS) is 10.9. The zero-order valence-corrected chi connectivity index (χ0v) is 20.1. The minimum atomic E-state index is -1.09. The van der Waals surface area contributed by atoms with E-state index >= 15 is 0 Å². The fourth-order valence-electron chi connectivity index (χ4n) is 3.17. The highest BCUT2D eigenvalue weighted by molar-refractivity contribution is 7.99. The van der Waals surface area contributed by atoms with Gasteiger partial charge in [0.05, 0.1) is 12.0 Å². The number of nitrogens with zero attached hydrogens (tertiary/aromatic N) is 5. The Morgan fingerprint density at radius 2 is 1.83 bits per heavy atom. The molecule has 1 amide bonds. The van der Waals surface area contributed by atoms with Crippen molar-refractivity contribution in [3.8, 4) is 22.8 Å². The van der Waals surface area contributed by atoms with Crippen LogP contribution in [0.2, 0.25) is 0 Å². The number of pyridine rings is 1.